The first-order valence-corrected chi connectivity index (χ1v) is 6.74. The van der Waals surface area contributed by atoms with Crippen molar-refractivity contribution < 1.29 is 4.74 Å². The first-order valence-electron chi connectivity index (χ1n) is 5.95. The molecule has 2 N–H and O–H groups in total. The normalized spacial score (nSPS) is 12.9. The summed E-state index contributed by atoms with van der Waals surface area (Å²) >= 11 is 3.52. The molecule has 0 radical (unpaired) electrons. The summed E-state index contributed by atoms with van der Waals surface area (Å²) in [5.74, 6) is 0.872. The van der Waals surface area contributed by atoms with Crippen molar-refractivity contribution in [3.8, 4) is 5.75 Å². The number of ether oxygens (including phenoxy) is 1. The molecule has 0 heterocycles. The summed E-state index contributed by atoms with van der Waals surface area (Å²) in [5, 5.41) is 0. The fourth-order valence-electron chi connectivity index (χ4n) is 1.47. The second-order valence-electron chi connectivity index (χ2n) is 4.02. The highest BCUT2D eigenvalue weighted by atomic mass is 79.9. The van der Waals surface area contributed by atoms with Crippen LogP contribution < -0.4 is 10.5 Å². The van der Waals surface area contributed by atoms with Crippen LogP contribution in [0.3, 0.4) is 0 Å². The van der Waals surface area contributed by atoms with Gasteiger partial charge in [-0.2, -0.15) is 0 Å². The number of allylic oxidation sites excluding steroid dienone is 1. The molecule has 1 unspecified atom stereocenters. The van der Waals surface area contributed by atoms with Crippen LogP contribution in [-0.4, -0.2) is 12.6 Å². The van der Waals surface area contributed by atoms with Crippen LogP contribution in [0, 0.1) is 0 Å². The van der Waals surface area contributed by atoms with Gasteiger partial charge in [0.15, 0.2) is 0 Å². The summed E-state index contributed by atoms with van der Waals surface area (Å²) < 4.78 is 6.59. The maximum atomic E-state index is 5.94. The van der Waals surface area contributed by atoms with Crippen LogP contribution >= 0.6 is 15.9 Å². The van der Waals surface area contributed by atoms with E-state index in [0.717, 1.165) is 23.1 Å². The standard InChI is InChI=1S/C14H20BrNO/c1-3-5-8-17-14-7-6-11(10-13(14)15)9-12(16)4-2/h3,5-7,10,12H,4,8-9,16H2,1-2H3. The monoisotopic (exact) mass is 297 g/mol. The highest BCUT2D eigenvalue weighted by Gasteiger charge is 2.05. The zero-order valence-corrected chi connectivity index (χ0v) is 12.0. The summed E-state index contributed by atoms with van der Waals surface area (Å²) in [6, 6.07) is 6.38. The Labute approximate surface area is 112 Å². The number of benzene rings is 1. The van der Waals surface area contributed by atoms with E-state index in [1.807, 2.05) is 25.1 Å². The van der Waals surface area contributed by atoms with Crippen LogP contribution in [-0.2, 0) is 6.42 Å². The van der Waals surface area contributed by atoms with E-state index < -0.39 is 0 Å². The van der Waals surface area contributed by atoms with Gasteiger partial charge in [-0.05, 0) is 53.4 Å². The zero-order valence-electron chi connectivity index (χ0n) is 10.4. The fourth-order valence-corrected chi connectivity index (χ4v) is 2.01. The van der Waals surface area contributed by atoms with Gasteiger partial charge in [0.2, 0.25) is 0 Å². The molecule has 1 aromatic rings. The molecule has 0 saturated carbocycles. The van der Waals surface area contributed by atoms with E-state index in [-0.39, 0.29) is 6.04 Å². The molecular weight excluding hydrogens is 278 g/mol. The summed E-state index contributed by atoms with van der Waals surface area (Å²) in [6.07, 6.45) is 5.86. The molecule has 1 aromatic carbocycles. The van der Waals surface area contributed by atoms with Crippen LogP contribution in [0.5, 0.6) is 5.75 Å². The molecule has 1 atom stereocenters. The van der Waals surface area contributed by atoms with Gasteiger partial charge < -0.3 is 10.5 Å². The van der Waals surface area contributed by atoms with Crippen molar-refractivity contribution >= 4 is 15.9 Å². The minimum Gasteiger partial charge on any atom is -0.488 e. The Kier molecular flexibility index (Phi) is 6.30. The molecule has 0 saturated heterocycles. The molecule has 2 nitrogen and oxygen atoms in total. The van der Waals surface area contributed by atoms with Gasteiger partial charge in [0.1, 0.15) is 12.4 Å². The largest absolute Gasteiger partial charge is 0.488 e. The van der Waals surface area contributed by atoms with Crippen molar-refractivity contribution in [1.29, 1.82) is 0 Å². The van der Waals surface area contributed by atoms with Crippen LogP contribution in [0.4, 0.5) is 0 Å². The van der Waals surface area contributed by atoms with Crippen molar-refractivity contribution in [3.63, 3.8) is 0 Å². The smallest absolute Gasteiger partial charge is 0.133 e. The third-order valence-corrected chi connectivity index (χ3v) is 3.21. The van der Waals surface area contributed by atoms with Gasteiger partial charge in [-0.1, -0.05) is 25.1 Å². The van der Waals surface area contributed by atoms with Crippen molar-refractivity contribution in [3.05, 3.63) is 40.4 Å². The van der Waals surface area contributed by atoms with Crippen LogP contribution in [0.25, 0.3) is 0 Å². The first-order chi connectivity index (χ1) is 8.17. The summed E-state index contributed by atoms with van der Waals surface area (Å²) in [5.41, 5.74) is 7.18. The lowest BCUT2D eigenvalue weighted by atomic mass is 10.0. The van der Waals surface area contributed by atoms with E-state index in [1.165, 1.54) is 5.56 Å². The topological polar surface area (TPSA) is 35.2 Å². The van der Waals surface area contributed by atoms with Crippen molar-refractivity contribution in [2.24, 2.45) is 5.73 Å². The van der Waals surface area contributed by atoms with Gasteiger partial charge in [0.25, 0.3) is 0 Å². The maximum absolute atomic E-state index is 5.94. The molecule has 0 aromatic heterocycles. The molecule has 3 heteroatoms. The maximum Gasteiger partial charge on any atom is 0.133 e. The highest BCUT2D eigenvalue weighted by molar-refractivity contribution is 9.10. The number of rotatable bonds is 6. The van der Waals surface area contributed by atoms with Gasteiger partial charge in [0, 0.05) is 6.04 Å². The van der Waals surface area contributed by atoms with Gasteiger partial charge in [-0.15, -0.1) is 0 Å². The Hall–Kier alpha value is -0.800. The second-order valence-corrected chi connectivity index (χ2v) is 4.87. The minimum atomic E-state index is 0.233. The molecule has 1 rings (SSSR count). The molecule has 0 spiro atoms. The Morgan fingerprint density at radius 2 is 2.24 bits per heavy atom. The number of halogens is 1. The van der Waals surface area contributed by atoms with E-state index in [2.05, 4.69) is 35.0 Å². The van der Waals surface area contributed by atoms with Gasteiger partial charge in [-0.3, -0.25) is 0 Å². The van der Waals surface area contributed by atoms with Crippen molar-refractivity contribution in [1.82, 2.24) is 0 Å². The predicted molar refractivity (Wildman–Crippen MR) is 76.4 cm³/mol. The molecule has 0 aliphatic carbocycles. The second kappa shape index (κ2) is 7.51. The lowest BCUT2D eigenvalue weighted by Crippen LogP contribution is -2.21. The van der Waals surface area contributed by atoms with Crippen LogP contribution in [0.1, 0.15) is 25.8 Å². The Balaban J connectivity index is 2.65. The lowest BCUT2D eigenvalue weighted by molar-refractivity contribution is 0.360. The third kappa shape index (κ3) is 4.92. The average molecular weight is 298 g/mol. The van der Waals surface area contributed by atoms with Crippen molar-refractivity contribution in [2.75, 3.05) is 6.61 Å². The van der Waals surface area contributed by atoms with Crippen LogP contribution in [0.15, 0.2) is 34.8 Å². The summed E-state index contributed by atoms with van der Waals surface area (Å²) in [6.45, 7) is 4.69. The predicted octanol–water partition coefficient (Wildman–Crippen LogP) is 3.68. The molecule has 0 amide bonds. The lowest BCUT2D eigenvalue weighted by Gasteiger charge is -2.11. The van der Waals surface area contributed by atoms with E-state index in [9.17, 15) is 0 Å². The molecule has 0 bridgehead atoms. The minimum absolute atomic E-state index is 0.233. The van der Waals surface area contributed by atoms with E-state index in [4.69, 9.17) is 10.5 Å². The van der Waals surface area contributed by atoms with Gasteiger partial charge in [0.05, 0.1) is 4.47 Å². The van der Waals surface area contributed by atoms with Gasteiger partial charge in [-0.25, -0.2) is 0 Å². The molecule has 0 fully saturated rings. The Bertz CT molecular complexity index is 376. The molecule has 17 heavy (non-hydrogen) atoms. The Morgan fingerprint density at radius 1 is 1.47 bits per heavy atom. The summed E-state index contributed by atoms with van der Waals surface area (Å²) in [7, 11) is 0. The highest BCUT2D eigenvalue weighted by Crippen LogP contribution is 2.26. The quantitative estimate of drug-likeness (QED) is 0.813. The number of hydrogen-bond donors (Lipinski definition) is 1. The fraction of sp³-hybridized carbons (Fsp3) is 0.429. The molecule has 0 aliphatic rings. The number of hydrogen-bond acceptors (Lipinski definition) is 2. The van der Waals surface area contributed by atoms with E-state index in [0.29, 0.717) is 6.61 Å². The molecule has 0 aliphatic heterocycles. The zero-order chi connectivity index (χ0) is 12.7. The van der Waals surface area contributed by atoms with E-state index in [1.54, 1.807) is 0 Å². The molecule has 94 valence electrons. The SMILES string of the molecule is CC=CCOc1ccc(CC(N)CC)cc1Br. The van der Waals surface area contributed by atoms with Crippen molar-refractivity contribution in [2.45, 2.75) is 32.7 Å². The molecular formula is C14H20BrNO. The van der Waals surface area contributed by atoms with E-state index >= 15 is 0 Å². The third-order valence-electron chi connectivity index (χ3n) is 2.59. The number of nitrogens with two attached hydrogens (primary N) is 1. The van der Waals surface area contributed by atoms with Crippen LogP contribution in [0.2, 0.25) is 0 Å². The summed E-state index contributed by atoms with van der Waals surface area (Å²) in [4.78, 5) is 0. The first kappa shape index (κ1) is 14.3. The van der Waals surface area contributed by atoms with Gasteiger partial charge >= 0.3 is 0 Å². The average Bonchev–Trinajstić information content (AvgIpc) is 2.32. The Morgan fingerprint density at radius 3 is 2.82 bits per heavy atom.